The van der Waals surface area contributed by atoms with Crippen LogP contribution < -0.4 is 10.2 Å². The SMILES string of the molecule is O=C(CSC1=N/C(=C\c2ccccc2O)C(=O)N1c1ccccc1)Nc1ccc2cc[nH]c2c1. The molecule has 1 aliphatic rings. The van der Waals surface area contributed by atoms with Crippen molar-refractivity contribution in [3.8, 4) is 5.75 Å². The number of phenolic OH excluding ortho intramolecular Hbond substituents is 1. The van der Waals surface area contributed by atoms with Gasteiger partial charge in [-0.2, -0.15) is 0 Å². The molecule has 2 heterocycles. The highest BCUT2D eigenvalue weighted by molar-refractivity contribution is 8.14. The molecule has 0 spiro atoms. The second-order valence-corrected chi connectivity index (χ2v) is 8.52. The van der Waals surface area contributed by atoms with E-state index in [4.69, 9.17) is 0 Å². The lowest BCUT2D eigenvalue weighted by atomic mass is 10.1. The van der Waals surface area contributed by atoms with Crippen LogP contribution in [0.5, 0.6) is 5.75 Å². The highest BCUT2D eigenvalue weighted by atomic mass is 32.2. The van der Waals surface area contributed by atoms with E-state index in [-0.39, 0.29) is 29.0 Å². The fourth-order valence-electron chi connectivity index (χ4n) is 3.61. The first-order chi connectivity index (χ1) is 16.6. The normalized spacial score (nSPS) is 14.6. The molecule has 0 fully saturated rings. The number of anilines is 2. The highest BCUT2D eigenvalue weighted by Crippen LogP contribution is 2.30. The number of benzene rings is 3. The van der Waals surface area contributed by atoms with Gasteiger partial charge in [0.25, 0.3) is 5.91 Å². The maximum atomic E-state index is 13.2. The molecule has 4 aromatic rings. The molecular formula is C26H20N4O3S. The third-order valence-electron chi connectivity index (χ3n) is 5.24. The van der Waals surface area contributed by atoms with Gasteiger partial charge in [0.15, 0.2) is 5.17 Å². The Hall–Kier alpha value is -4.30. The van der Waals surface area contributed by atoms with Crippen molar-refractivity contribution in [2.45, 2.75) is 0 Å². The Morgan fingerprint density at radius 1 is 1.06 bits per heavy atom. The van der Waals surface area contributed by atoms with E-state index in [1.807, 2.05) is 60.8 Å². The molecule has 0 radical (unpaired) electrons. The molecule has 8 heteroatoms. The molecule has 168 valence electrons. The molecule has 3 N–H and O–H groups in total. The van der Waals surface area contributed by atoms with Gasteiger partial charge in [-0.1, -0.05) is 54.2 Å². The summed E-state index contributed by atoms with van der Waals surface area (Å²) >= 11 is 1.17. The number of amidine groups is 1. The van der Waals surface area contributed by atoms with Crippen molar-refractivity contribution in [2.75, 3.05) is 16.0 Å². The minimum atomic E-state index is -0.324. The molecule has 3 aromatic carbocycles. The first kappa shape index (κ1) is 21.5. The van der Waals surface area contributed by atoms with Gasteiger partial charge in [-0.05, 0) is 47.9 Å². The van der Waals surface area contributed by atoms with Crippen LogP contribution in [0.1, 0.15) is 5.56 Å². The van der Waals surface area contributed by atoms with Crippen molar-refractivity contribution in [1.82, 2.24) is 4.98 Å². The Kier molecular flexibility index (Phi) is 5.88. The van der Waals surface area contributed by atoms with Gasteiger partial charge in [-0.25, -0.2) is 4.99 Å². The van der Waals surface area contributed by atoms with Gasteiger partial charge in [0.05, 0.1) is 11.4 Å². The number of nitrogens with one attached hydrogen (secondary N) is 2. The van der Waals surface area contributed by atoms with E-state index in [1.165, 1.54) is 16.7 Å². The summed E-state index contributed by atoms with van der Waals surface area (Å²) in [6.45, 7) is 0. The van der Waals surface area contributed by atoms with E-state index >= 15 is 0 Å². The molecule has 0 unspecified atom stereocenters. The van der Waals surface area contributed by atoms with Crippen LogP contribution in [0.3, 0.4) is 0 Å². The monoisotopic (exact) mass is 468 g/mol. The van der Waals surface area contributed by atoms with E-state index in [0.29, 0.717) is 22.1 Å². The molecule has 0 saturated carbocycles. The number of H-pyrrole nitrogens is 1. The molecule has 7 nitrogen and oxygen atoms in total. The number of aromatic hydroxyl groups is 1. The predicted molar refractivity (Wildman–Crippen MR) is 137 cm³/mol. The average Bonchev–Trinajstić information content (AvgIpc) is 3.43. The minimum absolute atomic E-state index is 0.0591. The Bertz CT molecular complexity index is 1440. The Morgan fingerprint density at radius 2 is 1.85 bits per heavy atom. The summed E-state index contributed by atoms with van der Waals surface area (Å²) in [7, 11) is 0. The number of carbonyl (C=O) groups is 2. The number of fused-ring (bicyclic) bond motifs is 1. The lowest BCUT2D eigenvalue weighted by Gasteiger charge is -2.17. The number of aromatic amines is 1. The molecule has 0 saturated heterocycles. The molecular weight excluding hydrogens is 448 g/mol. The van der Waals surface area contributed by atoms with Crippen molar-refractivity contribution < 1.29 is 14.7 Å². The highest BCUT2D eigenvalue weighted by Gasteiger charge is 2.32. The third-order valence-corrected chi connectivity index (χ3v) is 6.18. The number of hydrogen-bond acceptors (Lipinski definition) is 5. The van der Waals surface area contributed by atoms with E-state index in [9.17, 15) is 14.7 Å². The van der Waals surface area contributed by atoms with Gasteiger partial charge >= 0.3 is 0 Å². The number of para-hydroxylation sites is 2. The maximum Gasteiger partial charge on any atom is 0.283 e. The van der Waals surface area contributed by atoms with Crippen LogP contribution in [0.2, 0.25) is 0 Å². The first-order valence-electron chi connectivity index (χ1n) is 10.6. The largest absolute Gasteiger partial charge is 0.507 e. The predicted octanol–water partition coefficient (Wildman–Crippen LogP) is 4.99. The van der Waals surface area contributed by atoms with Crippen molar-refractivity contribution in [2.24, 2.45) is 4.99 Å². The number of thioether (sulfide) groups is 1. The van der Waals surface area contributed by atoms with Crippen LogP contribution >= 0.6 is 11.8 Å². The lowest BCUT2D eigenvalue weighted by molar-refractivity contribution is -0.114. The molecule has 0 bridgehead atoms. The summed E-state index contributed by atoms with van der Waals surface area (Å²) in [6, 6.07) is 23.5. The van der Waals surface area contributed by atoms with Crippen molar-refractivity contribution >= 4 is 57.1 Å². The number of aromatic nitrogens is 1. The molecule has 34 heavy (non-hydrogen) atoms. The fraction of sp³-hybridized carbons (Fsp3) is 0.0385. The molecule has 2 amide bonds. The second-order valence-electron chi connectivity index (χ2n) is 7.58. The quantitative estimate of drug-likeness (QED) is 0.360. The van der Waals surface area contributed by atoms with Crippen molar-refractivity contribution in [3.63, 3.8) is 0 Å². The van der Waals surface area contributed by atoms with E-state index in [1.54, 1.807) is 30.3 Å². The molecule has 1 aliphatic heterocycles. The average molecular weight is 469 g/mol. The smallest absolute Gasteiger partial charge is 0.283 e. The summed E-state index contributed by atoms with van der Waals surface area (Å²) in [5.74, 6) is -0.405. The Balaban J connectivity index is 1.37. The summed E-state index contributed by atoms with van der Waals surface area (Å²) in [5, 5.41) is 14.4. The lowest BCUT2D eigenvalue weighted by Crippen LogP contribution is -2.31. The van der Waals surface area contributed by atoms with Gasteiger partial charge < -0.3 is 15.4 Å². The zero-order chi connectivity index (χ0) is 23.5. The fourth-order valence-corrected chi connectivity index (χ4v) is 4.42. The van der Waals surface area contributed by atoms with Crippen LogP contribution in [-0.4, -0.2) is 32.8 Å². The minimum Gasteiger partial charge on any atom is -0.507 e. The van der Waals surface area contributed by atoms with Gasteiger partial charge in [-0.3, -0.25) is 14.5 Å². The number of rotatable bonds is 5. The second kappa shape index (κ2) is 9.29. The maximum absolute atomic E-state index is 13.2. The number of phenols is 1. The van der Waals surface area contributed by atoms with Gasteiger partial charge in [0, 0.05) is 23.0 Å². The summed E-state index contributed by atoms with van der Waals surface area (Å²) < 4.78 is 0. The van der Waals surface area contributed by atoms with Crippen molar-refractivity contribution in [1.29, 1.82) is 0 Å². The van der Waals surface area contributed by atoms with E-state index in [2.05, 4.69) is 15.3 Å². The van der Waals surface area contributed by atoms with Crippen LogP contribution in [0.15, 0.2) is 95.7 Å². The Morgan fingerprint density at radius 3 is 2.68 bits per heavy atom. The third kappa shape index (κ3) is 4.44. The number of hydrogen-bond donors (Lipinski definition) is 3. The van der Waals surface area contributed by atoms with E-state index in [0.717, 1.165) is 10.9 Å². The van der Waals surface area contributed by atoms with Gasteiger partial charge in [0.2, 0.25) is 5.91 Å². The van der Waals surface area contributed by atoms with E-state index < -0.39 is 0 Å². The number of amides is 2. The summed E-state index contributed by atoms with van der Waals surface area (Å²) in [6.07, 6.45) is 3.40. The van der Waals surface area contributed by atoms with Crippen LogP contribution in [0.4, 0.5) is 11.4 Å². The van der Waals surface area contributed by atoms with Crippen molar-refractivity contribution in [3.05, 3.63) is 96.3 Å². The standard InChI is InChI=1S/C26H20N4O3S/c31-23-9-5-4-6-18(23)14-22-25(33)30(20-7-2-1-3-8-20)26(29-22)34-16-24(32)28-19-11-10-17-12-13-27-21(17)15-19/h1-15,27,31H,16H2,(H,28,32)/b22-14-. The first-order valence-corrected chi connectivity index (χ1v) is 11.5. The van der Waals surface area contributed by atoms with Crippen LogP contribution in [0, 0.1) is 0 Å². The Labute approximate surface area is 199 Å². The molecule has 0 atom stereocenters. The molecule has 5 rings (SSSR count). The van der Waals surface area contributed by atoms with Gasteiger partial charge in [0.1, 0.15) is 11.4 Å². The summed E-state index contributed by atoms with van der Waals surface area (Å²) in [5.41, 5.74) is 2.95. The molecule has 1 aromatic heterocycles. The zero-order valence-electron chi connectivity index (χ0n) is 17.9. The molecule has 0 aliphatic carbocycles. The number of carbonyl (C=O) groups excluding carboxylic acids is 2. The summed E-state index contributed by atoms with van der Waals surface area (Å²) in [4.78, 5) is 34.9. The van der Waals surface area contributed by atoms with Crippen LogP contribution in [0.25, 0.3) is 17.0 Å². The van der Waals surface area contributed by atoms with Crippen LogP contribution in [-0.2, 0) is 9.59 Å². The number of aliphatic imine (C=N–C) groups is 1. The topological polar surface area (TPSA) is 97.8 Å². The zero-order valence-corrected chi connectivity index (χ0v) is 18.8. The number of nitrogens with zero attached hydrogens (tertiary/aromatic N) is 2. The van der Waals surface area contributed by atoms with Gasteiger partial charge in [-0.15, -0.1) is 0 Å².